The summed E-state index contributed by atoms with van der Waals surface area (Å²) >= 11 is 0. The number of pyridine rings is 1. The molecule has 0 bridgehead atoms. The van der Waals surface area contributed by atoms with Crippen molar-refractivity contribution < 1.29 is 10.0 Å². The second kappa shape index (κ2) is 4.24. The Morgan fingerprint density at radius 1 is 1.19 bits per heavy atom. The summed E-state index contributed by atoms with van der Waals surface area (Å²) in [5, 5.41) is 19.1. The lowest BCUT2D eigenvalue weighted by Crippen LogP contribution is -2.29. The molecule has 1 aromatic heterocycles. The van der Waals surface area contributed by atoms with Crippen LogP contribution in [0.25, 0.3) is 10.9 Å². The van der Waals surface area contributed by atoms with E-state index in [4.69, 9.17) is 10.0 Å². The average molecular weight is 215 g/mol. The molecule has 0 unspecified atom stereocenters. The smallest absolute Gasteiger partial charge is 0.423 e. The summed E-state index contributed by atoms with van der Waals surface area (Å²) in [4.78, 5) is 4.34. The van der Waals surface area contributed by atoms with Crippen LogP contribution in [-0.2, 0) is 0 Å². The summed E-state index contributed by atoms with van der Waals surface area (Å²) in [6, 6.07) is 7.28. The van der Waals surface area contributed by atoms with E-state index in [1.165, 1.54) is 0 Å². The Kier molecular flexibility index (Phi) is 2.94. The minimum atomic E-state index is -1.42. The van der Waals surface area contributed by atoms with Crippen LogP contribution in [-0.4, -0.2) is 22.2 Å². The zero-order valence-electron chi connectivity index (χ0n) is 9.38. The highest BCUT2D eigenvalue weighted by molar-refractivity contribution is 6.58. The largest absolute Gasteiger partial charge is 0.488 e. The van der Waals surface area contributed by atoms with Crippen LogP contribution in [0.1, 0.15) is 25.3 Å². The summed E-state index contributed by atoms with van der Waals surface area (Å²) in [7, 11) is -1.42. The predicted molar refractivity (Wildman–Crippen MR) is 65.7 cm³/mol. The highest BCUT2D eigenvalue weighted by Crippen LogP contribution is 2.18. The van der Waals surface area contributed by atoms with Crippen LogP contribution in [0.5, 0.6) is 0 Å². The highest BCUT2D eigenvalue weighted by Gasteiger charge is 2.11. The van der Waals surface area contributed by atoms with Gasteiger partial charge in [0.05, 0.1) is 5.52 Å². The van der Waals surface area contributed by atoms with E-state index in [9.17, 15) is 0 Å². The third-order valence-electron chi connectivity index (χ3n) is 2.69. The van der Waals surface area contributed by atoms with Crippen LogP contribution in [0.4, 0.5) is 0 Å². The minimum Gasteiger partial charge on any atom is -0.423 e. The van der Waals surface area contributed by atoms with Gasteiger partial charge in [-0.25, -0.2) is 0 Å². The van der Waals surface area contributed by atoms with E-state index in [0.717, 1.165) is 16.5 Å². The van der Waals surface area contributed by atoms with Crippen molar-refractivity contribution in [1.29, 1.82) is 0 Å². The van der Waals surface area contributed by atoms with Crippen molar-refractivity contribution in [1.82, 2.24) is 4.98 Å². The van der Waals surface area contributed by atoms with Crippen LogP contribution < -0.4 is 5.46 Å². The fourth-order valence-electron chi connectivity index (χ4n) is 1.64. The molecule has 2 aromatic rings. The van der Waals surface area contributed by atoms with Gasteiger partial charge in [-0.3, -0.25) is 4.98 Å². The van der Waals surface area contributed by atoms with Crippen LogP contribution in [0, 0.1) is 0 Å². The molecule has 82 valence electrons. The SMILES string of the molecule is CC(C)c1cnc2ccc(B(O)O)cc2c1. The van der Waals surface area contributed by atoms with Gasteiger partial charge >= 0.3 is 7.12 Å². The maximum absolute atomic E-state index is 9.10. The monoisotopic (exact) mass is 215 g/mol. The van der Waals surface area contributed by atoms with Gasteiger partial charge in [-0.1, -0.05) is 26.0 Å². The number of hydrogen-bond acceptors (Lipinski definition) is 3. The summed E-state index contributed by atoms with van der Waals surface area (Å²) in [5.74, 6) is 0.416. The summed E-state index contributed by atoms with van der Waals surface area (Å²) in [6.07, 6.45) is 1.86. The molecule has 16 heavy (non-hydrogen) atoms. The van der Waals surface area contributed by atoms with Crippen LogP contribution in [0.3, 0.4) is 0 Å². The molecule has 0 aliphatic rings. The first-order valence-electron chi connectivity index (χ1n) is 5.33. The van der Waals surface area contributed by atoms with Crippen LogP contribution in [0.15, 0.2) is 30.5 Å². The Labute approximate surface area is 94.9 Å². The van der Waals surface area contributed by atoms with Crippen molar-refractivity contribution in [2.75, 3.05) is 0 Å². The molecule has 0 amide bonds. The minimum absolute atomic E-state index is 0.416. The van der Waals surface area contributed by atoms with Crippen molar-refractivity contribution in [3.8, 4) is 0 Å². The first-order valence-corrected chi connectivity index (χ1v) is 5.33. The van der Waals surface area contributed by atoms with Gasteiger partial charge in [0.25, 0.3) is 0 Å². The Morgan fingerprint density at radius 2 is 1.94 bits per heavy atom. The van der Waals surface area contributed by atoms with E-state index in [-0.39, 0.29) is 0 Å². The number of rotatable bonds is 2. The topological polar surface area (TPSA) is 53.4 Å². The van der Waals surface area contributed by atoms with Crippen molar-refractivity contribution in [3.05, 3.63) is 36.0 Å². The second-order valence-electron chi connectivity index (χ2n) is 4.25. The lowest BCUT2D eigenvalue weighted by atomic mass is 9.79. The summed E-state index contributed by atoms with van der Waals surface area (Å²) < 4.78 is 0. The van der Waals surface area contributed by atoms with E-state index in [1.807, 2.05) is 12.3 Å². The molecule has 0 spiro atoms. The third-order valence-corrected chi connectivity index (χ3v) is 2.69. The van der Waals surface area contributed by atoms with E-state index in [2.05, 4.69) is 18.8 Å². The molecule has 0 atom stereocenters. The Hall–Kier alpha value is -1.39. The second-order valence-corrected chi connectivity index (χ2v) is 4.25. The molecule has 1 heterocycles. The molecule has 0 aliphatic heterocycles. The maximum Gasteiger partial charge on any atom is 0.488 e. The Balaban J connectivity index is 2.56. The molecule has 0 radical (unpaired) electrons. The molecule has 4 heteroatoms. The van der Waals surface area contributed by atoms with Gasteiger partial charge in [0, 0.05) is 11.6 Å². The molecule has 3 nitrogen and oxygen atoms in total. The number of nitrogens with zero attached hydrogens (tertiary/aromatic N) is 1. The standard InChI is InChI=1S/C12H14BNO2/c1-8(2)10-5-9-6-11(13(15)16)3-4-12(9)14-7-10/h3-8,15-16H,1-2H3. The summed E-state index contributed by atoms with van der Waals surface area (Å²) in [6.45, 7) is 4.21. The molecule has 0 fully saturated rings. The van der Waals surface area contributed by atoms with Gasteiger partial charge in [-0.15, -0.1) is 0 Å². The van der Waals surface area contributed by atoms with Gasteiger partial charge in [-0.2, -0.15) is 0 Å². The lowest BCUT2D eigenvalue weighted by molar-refractivity contribution is 0.426. The van der Waals surface area contributed by atoms with E-state index < -0.39 is 7.12 Å². The van der Waals surface area contributed by atoms with Crippen LogP contribution in [0.2, 0.25) is 0 Å². The van der Waals surface area contributed by atoms with Crippen molar-refractivity contribution in [2.45, 2.75) is 19.8 Å². The van der Waals surface area contributed by atoms with Gasteiger partial charge < -0.3 is 10.0 Å². The van der Waals surface area contributed by atoms with E-state index in [1.54, 1.807) is 18.2 Å². The fourth-order valence-corrected chi connectivity index (χ4v) is 1.64. The zero-order chi connectivity index (χ0) is 11.7. The summed E-state index contributed by atoms with van der Waals surface area (Å²) in [5.41, 5.74) is 2.51. The average Bonchev–Trinajstić information content (AvgIpc) is 2.27. The molecule has 2 rings (SSSR count). The fraction of sp³-hybridized carbons (Fsp3) is 0.250. The molecule has 0 saturated carbocycles. The van der Waals surface area contributed by atoms with Crippen molar-refractivity contribution in [2.24, 2.45) is 0 Å². The maximum atomic E-state index is 9.10. The highest BCUT2D eigenvalue weighted by atomic mass is 16.4. The Morgan fingerprint density at radius 3 is 2.56 bits per heavy atom. The number of aromatic nitrogens is 1. The van der Waals surface area contributed by atoms with Gasteiger partial charge in [0.2, 0.25) is 0 Å². The van der Waals surface area contributed by atoms with Gasteiger partial charge in [0.15, 0.2) is 0 Å². The van der Waals surface area contributed by atoms with Crippen molar-refractivity contribution in [3.63, 3.8) is 0 Å². The lowest BCUT2D eigenvalue weighted by Gasteiger charge is -2.07. The predicted octanol–water partition coefficient (Wildman–Crippen LogP) is 1.04. The molecule has 1 aromatic carbocycles. The van der Waals surface area contributed by atoms with Crippen LogP contribution >= 0.6 is 0 Å². The molecule has 0 saturated heterocycles. The third kappa shape index (κ3) is 2.08. The number of hydrogen-bond donors (Lipinski definition) is 2. The number of fused-ring (bicyclic) bond motifs is 1. The van der Waals surface area contributed by atoms with Crippen molar-refractivity contribution >= 4 is 23.5 Å². The molecular formula is C12H14BNO2. The van der Waals surface area contributed by atoms with Gasteiger partial charge in [0.1, 0.15) is 0 Å². The normalized spacial score (nSPS) is 11.1. The first-order chi connectivity index (χ1) is 7.58. The number of benzene rings is 1. The van der Waals surface area contributed by atoms with Gasteiger partial charge in [-0.05, 0) is 29.1 Å². The Bertz CT molecular complexity index is 469. The molecular weight excluding hydrogens is 201 g/mol. The van der Waals surface area contributed by atoms with E-state index in [0.29, 0.717) is 11.4 Å². The van der Waals surface area contributed by atoms with E-state index >= 15 is 0 Å². The quantitative estimate of drug-likeness (QED) is 0.736. The molecule has 0 aliphatic carbocycles. The first kappa shape index (κ1) is 11.1. The zero-order valence-corrected chi connectivity index (χ0v) is 9.38. The molecule has 2 N–H and O–H groups in total.